The first-order chi connectivity index (χ1) is 37.4. The summed E-state index contributed by atoms with van der Waals surface area (Å²) in [5, 5.41) is 97.8. The number of carbonyl (C=O) groups excluding carboxylic acids is 4. The number of anilines is 1. The molecule has 2 saturated heterocycles. The lowest BCUT2D eigenvalue weighted by molar-refractivity contribution is -0.308. The molecule has 0 aromatic heterocycles. The molecular formula is C59H84N2O18. The van der Waals surface area contributed by atoms with Crippen LogP contribution < -0.4 is 11.5 Å². The Labute approximate surface area is 462 Å². The minimum atomic E-state index is -2.32. The van der Waals surface area contributed by atoms with Crippen molar-refractivity contribution in [2.75, 3.05) is 5.73 Å². The maximum absolute atomic E-state index is 13.3. The largest absolute Gasteiger partial charge is 0.481 e. The van der Waals surface area contributed by atoms with Crippen molar-refractivity contribution in [1.29, 1.82) is 0 Å². The Hall–Kier alpha value is -5.33. The van der Waals surface area contributed by atoms with E-state index in [4.69, 9.17) is 30.4 Å². The third-order valence-electron chi connectivity index (χ3n) is 14.4. The number of ether oxygens (including phenoxy) is 4. The SMILES string of the molecule is C[C@H](C[C@H](C)[C@@H]1OC(=O)CC(=O)CCCC(=O)C[C@@H](O)C[C@@H](O)C[C@@H](O)CC2(O)C[C@H](O)[C@H](C(=O)O)[C@H](C[C@H](O[C@@H]3O[C@@H](C)[C@@H](O)[C@@H](N)[C@H]3O)C=CC=CC=CC=CC=CC=CC=C[C@@H]1C)O2)[C@H](O)CC(=O)c1ccc(N)cc1. The van der Waals surface area contributed by atoms with Crippen molar-refractivity contribution in [2.24, 2.45) is 29.4 Å². The fourth-order valence-electron chi connectivity index (χ4n) is 10.0. The maximum atomic E-state index is 13.3. The number of nitrogens with two attached hydrogens (primary N) is 2. The average Bonchev–Trinajstić information content (AvgIpc) is 3.37. The number of carboxylic acids is 1. The number of ketones is 3. The number of carboxylic acid groups (broad SMARTS) is 1. The fourth-order valence-corrected chi connectivity index (χ4v) is 10.0. The van der Waals surface area contributed by atoms with Crippen LogP contribution in [-0.4, -0.2) is 161 Å². The first-order valence-electron chi connectivity index (χ1n) is 27.1. The number of allylic oxidation sites excluding steroid dienone is 12. The summed E-state index contributed by atoms with van der Waals surface area (Å²) in [6, 6.07) is 5.27. The second-order valence-corrected chi connectivity index (χ2v) is 21.4. The van der Waals surface area contributed by atoms with Gasteiger partial charge in [0.25, 0.3) is 0 Å². The van der Waals surface area contributed by atoms with Gasteiger partial charge >= 0.3 is 11.9 Å². The number of aliphatic hydroxyl groups excluding tert-OH is 7. The van der Waals surface area contributed by atoms with Crippen LogP contribution in [0.5, 0.6) is 0 Å². The van der Waals surface area contributed by atoms with E-state index >= 15 is 0 Å². The van der Waals surface area contributed by atoms with E-state index in [1.165, 1.54) is 13.0 Å². The Bertz CT molecular complexity index is 2330. The van der Waals surface area contributed by atoms with E-state index in [0.29, 0.717) is 17.7 Å². The Kier molecular flexibility index (Phi) is 27.5. The summed E-state index contributed by atoms with van der Waals surface area (Å²) in [6.07, 6.45) is 5.73. The van der Waals surface area contributed by atoms with Crippen LogP contribution >= 0.6 is 0 Å². The topological polar surface area (TPSA) is 356 Å². The van der Waals surface area contributed by atoms with Gasteiger partial charge in [0.15, 0.2) is 17.9 Å². The van der Waals surface area contributed by atoms with Crippen LogP contribution in [0, 0.1) is 23.7 Å². The van der Waals surface area contributed by atoms with Crippen molar-refractivity contribution in [2.45, 2.75) is 190 Å². The zero-order chi connectivity index (χ0) is 58.4. The highest BCUT2D eigenvalue weighted by atomic mass is 16.7. The molecule has 1 unspecified atom stereocenters. The molecule has 0 aliphatic carbocycles. The number of hydrogen-bond acceptors (Lipinski definition) is 19. The van der Waals surface area contributed by atoms with E-state index in [1.54, 1.807) is 97.2 Å². The molecule has 13 N–H and O–H groups in total. The molecule has 20 heteroatoms. The molecule has 4 rings (SSSR count). The van der Waals surface area contributed by atoms with Crippen molar-refractivity contribution in [3.05, 3.63) is 115 Å². The second kappa shape index (κ2) is 32.8. The van der Waals surface area contributed by atoms with Gasteiger partial charge in [-0.2, -0.15) is 0 Å². The first-order valence-corrected chi connectivity index (χ1v) is 27.1. The highest BCUT2D eigenvalue weighted by molar-refractivity contribution is 5.97. The van der Waals surface area contributed by atoms with Gasteiger partial charge in [-0.25, -0.2) is 0 Å². The molecule has 0 amide bonds. The Morgan fingerprint density at radius 2 is 1.33 bits per heavy atom. The Balaban J connectivity index is 1.54. The molecule has 0 spiro atoms. The highest BCUT2D eigenvalue weighted by Gasteiger charge is 2.51. The summed E-state index contributed by atoms with van der Waals surface area (Å²) in [6.45, 7) is 7.07. The van der Waals surface area contributed by atoms with Gasteiger partial charge in [0.1, 0.15) is 36.1 Å². The maximum Gasteiger partial charge on any atom is 0.313 e. The molecule has 1 aromatic rings. The van der Waals surface area contributed by atoms with Gasteiger partial charge in [-0.15, -0.1) is 0 Å². The molecule has 3 aliphatic rings. The van der Waals surface area contributed by atoms with Crippen LogP contribution in [0.15, 0.2) is 109 Å². The van der Waals surface area contributed by atoms with Crippen LogP contribution in [0.3, 0.4) is 0 Å². The molecule has 0 saturated carbocycles. The molecule has 20 nitrogen and oxygen atoms in total. The fraction of sp³-hybridized carbons (Fsp3) is 0.576. The van der Waals surface area contributed by atoms with E-state index in [-0.39, 0.29) is 62.1 Å². The van der Waals surface area contributed by atoms with Crippen LogP contribution in [-0.2, 0) is 38.1 Å². The van der Waals surface area contributed by atoms with Gasteiger partial charge < -0.3 is 76.4 Å². The minimum absolute atomic E-state index is 0.0673. The molecule has 18 atom stereocenters. The van der Waals surface area contributed by atoms with Crippen molar-refractivity contribution >= 4 is 35.0 Å². The number of carbonyl (C=O) groups is 5. The monoisotopic (exact) mass is 1110 g/mol. The van der Waals surface area contributed by atoms with E-state index in [0.717, 1.165) is 0 Å². The van der Waals surface area contributed by atoms with Gasteiger partial charge in [-0.05, 0) is 68.7 Å². The van der Waals surface area contributed by atoms with Gasteiger partial charge in [0, 0.05) is 62.1 Å². The standard InChI is InChI=1S/C59H84N2O18/c1-35-18-15-13-11-9-7-5-6-8-10-12-14-16-21-46(77-58-55(72)53(61)54(71)38(4)76-58)31-50-52(57(73)74)49(69)34-59(75,79-50)33-45(66)29-44(65)28-43(64)27-41(62)19-17-20-42(63)30-51(70)78-56(35)37(3)26-36(2)47(67)32-48(68)39-22-24-40(60)25-23-39/h5-16,18,21-25,35-38,43-47,49-50,52-56,58,64-67,69,71-72,75H,17,19-20,26-34,60-61H2,1-4H3,(H,73,74)/t35-,36+,37-,38-,43+,44+,45+,46+,47+,49-,50-,52-,53+,54+,55+,56+,58-,59?/m0/s1. The summed E-state index contributed by atoms with van der Waals surface area (Å²) in [4.78, 5) is 64.6. The summed E-state index contributed by atoms with van der Waals surface area (Å²) in [7, 11) is 0. The quantitative estimate of drug-likeness (QED) is 0.0687. The number of cyclic esters (lactones) is 1. The number of aliphatic hydroxyl groups is 8. The average molecular weight is 1110 g/mol. The van der Waals surface area contributed by atoms with Crippen LogP contribution in [0.2, 0.25) is 0 Å². The number of benzene rings is 1. The van der Waals surface area contributed by atoms with Gasteiger partial charge in [0.2, 0.25) is 0 Å². The van der Waals surface area contributed by atoms with Crippen LogP contribution in [0.4, 0.5) is 5.69 Å². The Morgan fingerprint density at radius 1 is 0.759 bits per heavy atom. The van der Waals surface area contributed by atoms with Crippen LogP contribution in [0.25, 0.3) is 0 Å². The van der Waals surface area contributed by atoms with Crippen molar-refractivity contribution in [3.63, 3.8) is 0 Å². The number of nitrogen functional groups attached to an aromatic ring is 1. The third-order valence-corrected chi connectivity index (χ3v) is 14.4. The highest BCUT2D eigenvalue weighted by Crippen LogP contribution is 2.38. The lowest BCUT2D eigenvalue weighted by Gasteiger charge is -2.45. The van der Waals surface area contributed by atoms with Gasteiger partial charge in [-0.1, -0.05) is 106 Å². The third kappa shape index (κ3) is 22.6. The molecule has 2 bridgehead atoms. The van der Waals surface area contributed by atoms with Crippen molar-refractivity contribution < 1.29 is 88.9 Å². The summed E-state index contributed by atoms with van der Waals surface area (Å²) in [5.41, 5.74) is 12.7. The van der Waals surface area contributed by atoms with Crippen LogP contribution in [0.1, 0.15) is 115 Å². The molecule has 0 radical (unpaired) electrons. The smallest absolute Gasteiger partial charge is 0.313 e. The Morgan fingerprint density at radius 3 is 1.94 bits per heavy atom. The van der Waals surface area contributed by atoms with E-state index in [9.17, 15) is 69.9 Å². The predicted octanol–water partition coefficient (Wildman–Crippen LogP) is 3.77. The normalized spacial score (nSPS) is 34.1. The minimum Gasteiger partial charge on any atom is -0.481 e. The van der Waals surface area contributed by atoms with E-state index in [1.807, 2.05) is 26.8 Å². The number of aliphatic carboxylic acids is 1. The van der Waals surface area contributed by atoms with E-state index < -0.39 is 147 Å². The molecule has 3 aliphatic heterocycles. The van der Waals surface area contributed by atoms with E-state index in [2.05, 4.69) is 0 Å². The molecule has 2 fully saturated rings. The predicted molar refractivity (Wildman–Crippen MR) is 292 cm³/mol. The number of hydrogen-bond donors (Lipinski definition) is 11. The number of fused-ring (bicyclic) bond motifs is 2. The molecule has 1 aromatic carbocycles. The zero-order valence-corrected chi connectivity index (χ0v) is 45.5. The van der Waals surface area contributed by atoms with Crippen molar-refractivity contribution in [1.82, 2.24) is 0 Å². The van der Waals surface area contributed by atoms with Crippen molar-refractivity contribution in [3.8, 4) is 0 Å². The zero-order valence-electron chi connectivity index (χ0n) is 45.5. The summed E-state index contributed by atoms with van der Waals surface area (Å²) >= 11 is 0. The lowest BCUT2D eigenvalue weighted by atomic mass is 9.82. The number of rotatable bonds is 10. The molecule has 3 heterocycles. The summed E-state index contributed by atoms with van der Waals surface area (Å²) < 4.78 is 23.7. The second-order valence-electron chi connectivity index (χ2n) is 21.4. The van der Waals surface area contributed by atoms with Gasteiger partial charge in [0.05, 0.1) is 61.0 Å². The number of esters is 1. The lowest BCUT2D eigenvalue weighted by Crippen LogP contribution is -2.61. The first kappa shape index (κ1) is 66.2. The number of Topliss-reactive ketones (excluding diaryl/α,β-unsaturated/α-hetero) is 3. The van der Waals surface area contributed by atoms with Gasteiger partial charge in [-0.3, -0.25) is 24.0 Å². The molecule has 438 valence electrons. The molecular weight excluding hydrogens is 1020 g/mol. The summed E-state index contributed by atoms with van der Waals surface area (Å²) in [5.74, 6) is -8.34. The molecule has 79 heavy (non-hydrogen) atoms.